The fraction of sp³-hybridized carbons (Fsp3) is 0.462. The van der Waals surface area contributed by atoms with E-state index in [9.17, 15) is 36.3 Å². The largest absolute Gasteiger partial charge is 0.484 e. The van der Waals surface area contributed by atoms with Crippen LogP contribution in [-0.4, -0.2) is 60.9 Å². The highest BCUT2D eigenvalue weighted by Gasteiger charge is 2.52. The van der Waals surface area contributed by atoms with E-state index in [2.05, 4.69) is 4.74 Å². The molecule has 1 amide bonds. The minimum absolute atomic E-state index is 0.264. The van der Waals surface area contributed by atoms with E-state index in [1.165, 1.54) is 0 Å². The molecule has 2 aromatic carbocycles. The van der Waals surface area contributed by atoms with Crippen LogP contribution in [0.2, 0.25) is 5.02 Å². The van der Waals surface area contributed by atoms with E-state index in [1.807, 2.05) is 30.3 Å². The standard InChI is InChI=1S/C26H27ClF3NO6S/c27-20-13-18(37-16-26(28,29)30)9-10-22(20)38(35,36)19-14-21(23(32)33)31(15-19)24(34)25(11-5-2-6-12-25)17-7-3-1-4-8-17/h1,3-4,7-10,13,19,21H,2,5-6,11-12,14-16H2,(H,32,33). The predicted molar refractivity (Wildman–Crippen MR) is 133 cm³/mol. The quantitative estimate of drug-likeness (QED) is 0.500. The maximum Gasteiger partial charge on any atom is 0.422 e. The van der Waals surface area contributed by atoms with Gasteiger partial charge in [-0.3, -0.25) is 4.79 Å². The summed E-state index contributed by atoms with van der Waals surface area (Å²) in [6.45, 7) is -1.91. The molecule has 7 nitrogen and oxygen atoms in total. The molecule has 206 valence electrons. The lowest BCUT2D eigenvalue weighted by atomic mass is 9.68. The number of halogens is 4. The Labute approximate surface area is 223 Å². The molecule has 2 aromatic rings. The van der Waals surface area contributed by atoms with Gasteiger partial charge < -0.3 is 14.7 Å². The van der Waals surface area contributed by atoms with Crippen LogP contribution in [0.15, 0.2) is 53.4 Å². The number of carboxylic acid groups (broad SMARTS) is 1. The zero-order chi connectivity index (χ0) is 27.7. The first-order chi connectivity index (χ1) is 17.8. The molecule has 0 bridgehead atoms. The second-order valence-electron chi connectivity index (χ2n) is 9.72. The van der Waals surface area contributed by atoms with Crippen molar-refractivity contribution in [1.29, 1.82) is 0 Å². The summed E-state index contributed by atoms with van der Waals surface area (Å²) in [5, 5.41) is 8.32. The lowest BCUT2D eigenvalue weighted by Crippen LogP contribution is -2.51. The van der Waals surface area contributed by atoms with Gasteiger partial charge in [0.1, 0.15) is 11.8 Å². The van der Waals surface area contributed by atoms with E-state index in [0.717, 1.165) is 47.9 Å². The molecule has 0 aromatic heterocycles. The number of ether oxygens (including phenoxy) is 1. The molecule has 0 spiro atoms. The van der Waals surface area contributed by atoms with Crippen LogP contribution < -0.4 is 4.74 Å². The second-order valence-corrected chi connectivity index (χ2v) is 12.3. The minimum atomic E-state index is -4.58. The second kappa shape index (κ2) is 10.8. The van der Waals surface area contributed by atoms with Gasteiger partial charge in [-0.2, -0.15) is 13.2 Å². The van der Waals surface area contributed by atoms with E-state index in [1.54, 1.807) is 0 Å². The van der Waals surface area contributed by atoms with E-state index in [0.29, 0.717) is 12.8 Å². The van der Waals surface area contributed by atoms with Crippen LogP contribution >= 0.6 is 11.6 Å². The summed E-state index contributed by atoms with van der Waals surface area (Å²) < 4.78 is 69.0. The van der Waals surface area contributed by atoms with Crippen LogP contribution in [0.5, 0.6) is 5.75 Å². The molecule has 1 saturated heterocycles. The van der Waals surface area contributed by atoms with Crippen molar-refractivity contribution in [2.24, 2.45) is 0 Å². The number of hydrogen-bond donors (Lipinski definition) is 1. The number of carbonyl (C=O) groups excluding carboxylic acids is 1. The van der Waals surface area contributed by atoms with Gasteiger partial charge in [-0.15, -0.1) is 0 Å². The highest BCUT2D eigenvalue weighted by Crippen LogP contribution is 2.43. The summed E-state index contributed by atoms with van der Waals surface area (Å²) in [6, 6.07) is 10.9. The van der Waals surface area contributed by atoms with Crippen molar-refractivity contribution >= 4 is 33.3 Å². The Balaban J connectivity index is 1.63. The summed E-state index contributed by atoms with van der Waals surface area (Å²) in [4.78, 5) is 27.0. The Morgan fingerprint density at radius 3 is 2.32 bits per heavy atom. The number of carbonyl (C=O) groups is 2. The molecule has 12 heteroatoms. The molecule has 2 aliphatic rings. The lowest BCUT2D eigenvalue weighted by Gasteiger charge is -2.40. The number of sulfone groups is 1. The number of carboxylic acids is 1. The Bertz CT molecular complexity index is 1300. The van der Waals surface area contributed by atoms with Crippen LogP contribution in [0.4, 0.5) is 13.2 Å². The van der Waals surface area contributed by atoms with Crippen molar-refractivity contribution in [3.8, 4) is 5.75 Å². The topological polar surface area (TPSA) is 101 Å². The number of rotatable bonds is 7. The van der Waals surface area contributed by atoms with Crippen LogP contribution in [0.1, 0.15) is 44.1 Å². The van der Waals surface area contributed by atoms with Gasteiger partial charge in [-0.1, -0.05) is 61.2 Å². The first kappa shape index (κ1) is 28.2. The predicted octanol–water partition coefficient (Wildman–Crippen LogP) is 5.01. The number of hydrogen-bond acceptors (Lipinski definition) is 5. The lowest BCUT2D eigenvalue weighted by molar-refractivity contribution is -0.153. The maximum absolute atomic E-state index is 14.0. The summed E-state index contributed by atoms with van der Waals surface area (Å²) in [5.41, 5.74) is -0.168. The van der Waals surface area contributed by atoms with Gasteiger partial charge >= 0.3 is 12.1 Å². The highest BCUT2D eigenvalue weighted by atomic mass is 35.5. The monoisotopic (exact) mass is 573 g/mol. The third kappa shape index (κ3) is 5.63. The van der Waals surface area contributed by atoms with Gasteiger partial charge in [-0.05, 0) is 37.0 Å². The normalized spacial score (nSPS) is 21.7. The van der Waals surface area contributed by atoms with Gasteiger partial charge in [-0.25, -0.2) is 13.2 Å². The van der Waals surface area contributed by atoms with E-state index < -0.39 is 51.2 Å². The molecule has 1 aliphatic heterocycles. The first-order valence-electron chi connectivity index (χ1n) is 12.2. The summed E-state index contributed by atoms with van der Waals surface area (Å²) in [5.74, 6) is -1.98. The Morgan fingerprint density at radius 1 is 1.08 bits per heavy atom. The van der Waals surface area contributed by atoms with Gasteiger partial charge in [0.15, 0.2) is 16.4 Å². The number of amides is 1. The smallest absolute Gasteiger partial charge is 0.422 e. The first-order valence-corrected chi connectivity index (χ1v) is 14.1. The fourth-order valence-electron chi connectivity index (χ4n) is 5.44. The zero-order valence-corrected chi connectivity index (χ0v) is 21.9. The molecule has 38 heavy (non-hydrogen) atoms. The third-order valence-corrected chi connectivity index (χ3v) is 9.92. The molecule has 1 saturated carbocycles. The van der Waals surface area contributed by atoms with Crippen molar-refractivity contribution in [2.45, 2.75) is 66.3 Å². The SMILES string of the molecule is O=C(O)C1CC(S(=O)(=O)c2ccc(OCC(F)(F)F)cc2Cl)CN1C(=O)C1(c2ccccc2)CCCCC1. The van der Waals surface area contributed by atoms with E-state index in [-0.39, 0.29) is 28.6 Å². The van der Waals surface area contributed by atoms with Crippen LogP contribution in [-0.2, 0) is 24.8 Å². The van der Waals surface area contributed by atoms with Crippen LogP contribution in [0.25, 0.3) is 0 Å². The zero-order valence-electron chi connectivity index (χ0n) is 20.3. The molecule has 1 N–H and O–H groups in total. The minimum Gasteiger partial charge on any atom is -0.484 e. The molecule has 2 unspecified atom stereocenters. The number of nitrogens with zero attached hydrogens (tertiary/aromatic N) is 1. The molecule has 0 radical (unpaired) electrons. The van der Waals surface area contributed by atoms with Crippen molar-refractivity contribution in [3.63, 3.8) is 0 Å². The van der Waals surface area contributed by atoms with Crippen molar-refractivity contribution in [2.75, 3.05) is 13.2 Å². The van der Waals surface area contributed by atoms with E-state index >= 15 is 0 Å². The average molecular weight is 574 g/mol. The van der Waals surface area contributed by atoms with Gasteiger partial charge in [0, 0.05) is 12.6 Å². The van der Waals surface area contributed by atoms with Gasteiger partial charge in [0.2, 0.25) is 5.91 Å². The molecule has 4 rings (SSSR count). The summed E-state index contributed by atoms with van der Waals surface area (Å²) in [6.07, 6.45) is -1.35. The molecule has 1 heterocycles. The van der Waals surface area contributed by atoms with Crippen molar-refractivity contribution in [3.05, 3.63) is 59.1 Å². The van der Waals surface area contributed by atoms with Crippen molar-refractivity contribution < 1.29 is 41.0 Å². The number of alkyl halides is 3. The Hall–Kier alpha value is -2.79. The van der Waals surface area contributed by atoms with Gasteiger partial charge in [0.05, 0.1) is 20.6 Å². The molecule has 1 aliphatic carbocycles. The highest BCUT2D eigenvalue weighted by molar-refractivity contribution is 7.92. The Kier molecular flexibility index (Phi) is 7.99. The molecular weight excluding hydrogens is 547 g/mol. The van der Waals surface area contributed by atoms with Crippen molar-refractivity contribution in [1.82, 2.24) is 4.90 Å². The van der Waals surface area contributed by atoms with E-state index in [4.69, 9.17) is 11.6 Å². The van der Waals surface area contributed by atoms with Crippen LogP contribution in [0, 0.1) is 0 Å². The number of benzene rings is 2. The third-order valence-electron chi connectivity index (χ3n) is 7.30. The maximum atomic E-state index is 14.0. The fourth-order valence-corrected chi connectivity index (χ4v) is 7.67. The molecular formula is C26H27ClF3NO6S. The number of likely N-dealkylation sites (tertiary alicyclic amines) is 1. The van der Waals surface area contributed by atoms with Gasteiger partial charge in [0.25, 0.3) is 0 Å². The molecule has 2 fully saturated rings. The summed E-state index contributed by atoms with van der Waals surface area (Å²) in [7, 11) is -4.24. The van der Waals surface area contributed by atoms with Crippen LogP contribution in [0.3, 0.4) is 0 Å². The summed E-state index contributed by atoms with van der Waals surface area (Å²) >= 11 is 6.13. The number of aliphatic carboxylic acids is 1. The average Bonchev–Trinajstić information content (AvgIpc) is 3.34. The Morgan fingerprint density at radius 2 is 1.74 bits per heavy atom. The molecule has 2 atom stereocenters.